The summed E-state index contributed by atoms with van der Waals surface area (Å²) in [7, 11) is 1.78. The molecule has 0 aromatic rings. The van der Waals surface area contributed by atoms with Gasteiger partial charge in [0.2, 0.25) is 0 Å². The maximum atomic E-state index is 5.17. The van der Waals surface area contributed by atoms with Crippen molar-refractivity contribution in [2.75, 3.05) is 20.3 Å². The van der Waals surface area contributed by atoms with Gasteiger partial charge in [-0.05, 0) is 24.8 Å². The van der Waals surface area contributed by atoms with Gasteiger partial charge >= 0.3 is 0 Å². The van der Waals surface area contributed by atoms with E-state index in [1.807, 2.05) is 0 Å². The van der Waals surface area contributed by atoms with Crippen molar-refractivity contribution >= 4 is 0 Å². The Labute approximate surface area is 75.7 Å². The summed E-state index contributed by atoms with van der Waals surface area (Å²) in [5.41, 5.74) is 0. The Kier molecular flexibility index (Phi) is 4.02. The monoisotopic (exact) mass is 171 g/mol. The van der Waals surface area contributed by atoms with Gasteiger partial charge in [-0.15, -0.1) is 0 Å². The fourth-order valence-corrected chi connectivity index (χ4v) is 2.27. The standard InChI is InChI=1S/C10H21NO/c1-4-9-5-6-11-10(9)8(2)7-12-3/h8-11H,4-7H2,1-3H3. The SMILES string of the molecule is CCC1CCNC1C(C)COC. The van der Waals surface area contributed by atoms with E-state index < -0.39 is 0 Å². The second-order valence-electron chi connectivity index (χ2n) is 3.87. The van der Waals surface area contributed by atoms with Crippen LogP contribution in [0.25, 0.3) is 0 Å². The van der Waals surface area contributed by atoms with E-state index in [4.69, 9.17) is 4.74 Å². The molecule has 1 fully saturated rings. The molecule has 3 atom stereocenters. The predicted octanol–water partition coefficient (Wildman–Crippen LogP) is 1.66. The molecule has 0 saturated carbocycles. The molecule has 1 heterocycles. The van der Waals surface area contributed by atoms with Crippen LogP contribution < -0.4 is 5.32 Å². The zero-order valence-corrected chi connectivity index (χ0v) is 8.47. The quantitative estimate of drug-likeness (QED) is 0.694. The summed E-state index contributed by atoms with van der Waals surface area (Å²) in [5.74, 6) is 1.53. The van der Waals surface area contributed by atoms with Crippen LogP contribution in [-0.2, 0) is 4.74 Å². The van der Waals surface area contributed by atoms with Gasteiger partial charge in [-0.25, -0.2) is 0 Å². The van der Waals surface area contributed by atoms with Gasteiger partial charge in [-0.1, -0.05) is 20.3 Å². The second kappa shape index (κ2) is 4.83. The van der Waals surface area contributed by atoms with Crippen molar-refractivity contribution in [2.45, 2.75) is 32.7 Å². The summed E-state index contributed by atoms with van der Waals surface area (Å²) in [6.45, 7) is 6.63. The average molecular weight is 171 g/mol. The smallest absolute Gasteiger partial charge is 0.0502 e. The van der Waals surface area contributed by atoms with Crippen molar-refractivity contribution < 1.29 is 4.74 Å². The van der Waals surface area contributed by atoms with Gasteiger partial charge in [0.15, 0.2) is 0 Å². The van der Waals surface area contributed by atoms with Gasteiger partial charge < -0.3 is 10.1 Å². The molecule has 0 aromatic carbocycles. The molecular formula is C10H21NO. The molecule has 72 valence electrons. The Bertz CT molecular complexity index is 127. The van der Waals surface area contributed by atoms with Crippen molar-refractivity contribution in [1.29, 1.82) is 0 Å². The zero-order valence-electron chi connectivity index (χ0n) is 8.47. The first-order chi connectivity index (χ1) is 5.79. The minimum Gasteiger partial charge on any atom is -0.384 e. The van der Waals surface area contributed by atoms with Gasteiger partial charge in [0.05, 0.1) is 6.61 Å². The Hall–Kier alpha value is -0.0800. The average Bonchev–Trinajstić information content (AvgIpc) is 2.51. The number of ether oxygens (including phenoxy) is 1. The molecule has 2 nitrogen and oxygen atoms in total. The Balaban J connectivity index is 2.38. The van der Waals surface area contributed by atoms with E-state index in [-0.39, 0.29) is 0 Å². The van der Waals surface area contributed by atoms with Crippen LogP contribution in [0.3, 0.4) is 0 Å². The number of hydrogen-bond acceptors (Lipinski definition) is 2. The molecule has 0 aromatic heterocycles. The summed E-state index contributed by atoms with van der Waals surface area (Å²) in [5, 5.41) is 3.56. The molecule has 1 aliphatic rings. The summed E-state index contributed by atoms with van der Waals surface area (Å²) >= 11 is 0. The molecule has 2 heteroatoms. The van der Waals surface area contributed by atoms with Crippen LogP contribution in [0.5, 0.6) is 0 Å². The number of methoxy groups -OCH3 is 1. The fraction of sp³-hybridized carbons (Fsp3) is 1.00. The minimum absolute atomic E-state index is 0.655. The molecule has 3 unspecified atom stereocenters. The summed E-state index contributed by atoms with van der Waals surface area (Å²) in [4.78, 5) is 0. The lowest BCUT2D eigenvalue weighted by Crippen LogP contribution is -2.35. The lowest BCUT2D eigenvalue weighted by atomic mass is 9.89. The molecule has 0 bridgehead atoms. The Morgan fingerprint density at radius 3 is 2.92 bits per heavy atom. The van der Waals surface area contributed by atoms with Crippen LogP contribution in [0.2, 0.25) is 0 Å². The first kappa shape index (κ1) is 10.0. The molecular weight excluding hydrogens is 150 g/mol. The third-order valence-corrected chi connectivity index (χ3v) is 2.97. The molecule has 1 saturated heterocycles. The van der Waals surface area contributed by atoms with E-state index in [0.717, 1.165) is 12.5 Å². The number of rotatable bonds is 4. The van der Waals surface area contributed by atoms with Gasteiger partial charge in [0.25, 0.3) is 0 Å². The van der Waals surface area contributed by atoms with E-state index >= 15 is 0 Å². The third-order valence-electron chi connectivity index (χ3n) is 2.97. The molecule has 0 radical (unpaired) electrons. The van der Waals surface area contributed by atoms with Crippen LogP contribution in [0.1, 0.15) is 26.7 Å². The first-order valence-electron chi connectivity index (χ1n) is 5.02. The predicted molar refractivity (Wildman–Crippen MR) is 51.2 cm³/mol. The van der Waals surface area contributed by atoms with E-state index in [9.17, 15) is 0 Å². The van der Waals surface area contributed by atoms with Crippen molar-refractivity contribution in [3.05, 3.63) is 0 Å². The molecule has 1 N–H and O–H groups in total. The van der Waals surface area contributed by atoms with Gasteiger partial charge in [-0.3, -0.25) is 0 Å². The van der Waals surface area contributed by atoms with Crippen molar-refractivity contribution in [3.8, 4) is 0 Å². The van der Waals surface area contributed by atoms with Crippen LogP contribution in [-0.4, -0.2) is 26.3 Å². The van der Waals surface area contributed by atoms with E-state index in [2.05, 4.69) is 19.2 Å². The molecule has 0 amide bonds. The normalized spacial score (nSPS) is 32.2. The fourth-order valence-electron chi connectivity index (χ4n) is 2.27. The highest BCUT2D eigenvalue weighted by molar-refractivity contribution is 4.86. The second-order valence-corrected chi connectivity index (χ2v) is 3.87. The molecule has 0 aliphatic carbocycles. The lowest BCUT2D eigenvalue weighted by Gasteiger charge is -2.24. The molecule has 12 heavy (non-hydrogen) atoms. The zero-order chi connectivity index (χ0) is 8.97. The van der Waals surface area contributed by atoms with E-state index in [0.29, 0.717) is 12.0 Å². The Morgan fingerprint density at radius 2 is 2.33 bits per heavy atom. The topological polar surface area (TPSA) is 21.3 Å². The third kappa shape index (κ3) is 2.20. The van der Waals surface area contributed by atoms with Crippen molar-refractivity contribution in [2.24, 2.45) is 11.8 Å². The lowest BCUT2D eigenvalue weighted by molar-refractivity contribution is 0.132. The van der Waals surface area contributed by atoms with Crippen LogP contribution in [0, 0.1) is 11.8 Å². The molecule has 1 aliphatic heterocycles. The number of nitrogens with one attached hydrogen (secondary N) is 1. The highest BCUT2D eigenvalue weighted by Crippen LogP contribution is 2.24. The molecule has 1 rings (SSSR count). The summed E-state index contributed by atoms with van der Waals surface area (Å²) in [6, 6.07) is 0.690. The van der Waals surface area contributed by atoms with Gasteiger partial charge in [0.1, 0.15) is 0 Å². The van der Waals surface area contributed by atoms with Gasteiger partial charge in [0, 0.05) is 13.2 Å². The van der Waals surface area contributed by atoms with Gasteiger partial charge in [-0.2, -0.15) is 0 Å². The van der Waals surface area contributed by atoms with Crippen LogP contribution >= 0.6 is 0 Å². The maximum Gasteiger partial charge on any atom is 0.0502 e. The van der Waals surface area contributed by atoms with Crippen molar-refractivity contribution in [3.63, 3.8) is 0 Å². The van der Waals surface area contributed by atoms with E-state index in [1.165, 1.54) is 19.4 Å². The first-order valence-corrected chi connectivity index (χ1v) is 5.02. The Morgan fingerprint density at radius 1 is 1.58 bits per heavy atom. The highest BCUT2D eigenvalue weighted by atomic mass is 16.5. The maximum absolute atomic E-state index is 5.17. The van der Waals surface area contributed by atoms with Crippen LogP contribution in [0.4, 0.5) is 0 Å². The number of hydrogen-bond donors (Lipinski definition) is 1. The molecule has 0 spiro atoms. The minimum atomic E-state index is 0.655. The highest BCUT2D eigenvalue weighted by Gasteiger charge is 2.29. The summed E-state index contributed by atoms with van der Waals surface area (Å²) in [6.07, 6.45) is 2.64. The van der Waals surface area contributed by atoms with Crippen molar-refractivity contribution in [1.82, 2.24) is 5.32 Å². The van der Waals surface area contributed by atoms with Crippen LogP contribution in [0.15, 0.2) is 0 Å². The van der Waals surface area contributed by atoms with E-state index in [1.54, 1.807) is 7.11 Å². The largest absolute Gasteiger partial charge is 0.384 e. The summed E-state index contributed by atoms with van der Waals surface area (Å²) < 4.78 is 5.17.